The molecule has 0 saturated carbocycles. The number of nitriles is 1. The largest absolute Gasteiger partial charge is 0.494 e. The molecule has 0 aromatic heterocycles. The van der Waals surface area contributed by atoms with Gasteiger partial charge in [-0.15, -0.1) is 4.40 Å². The van der Waals surface area contributed by atoms with Crippen LogP contribution in [0.3, 0.4) is 0 Å². The number of benzene rings is 2. The number of halogens is 1. The molecule has 9 heteroatoms. The summed E-state index contributed by atoms with van der Waals surface area (Å²) in [6.45, 7) is 0. The number of rotatable bonds is 2. The van der Waals surface area contributed by atoms with E-state index in [0.717, 1.165) is 0 Å². The van der Waals surface area contributed by atoms with Crippen molar-refractivity contribution in [3.05, 3.63) is 47.0 Å². The van der Waals surface area contributed by atoms with Gasteiger partial charge in [-0.05, 0) is 24.3 Å². The minimum atomic E-state index is -3.95. The van der Waals surface area contributed by atoms with Crippen LogP contribution in [0, 0.1) is 11.3 Å². The van der Waals surface area contributed by atoms with Gasteiger partial charge in [-0.1, -0.05) is 17.7 Å². The Kier molecular flexibility index (Phi) is 4.05. The molecule has 1 aliphatic heterocycles. The second kappa shape index (κ2) is 6.03. The first-order valence-corrected chi connectivity index (χ1v) is 8.51. The lowest BCUT2D eigenvalue weighted by molar-refractivity contribution is 0.415. The van der Waals surface area contributed by atoms with E-state index in [0.29, 0.717) is 11.3 Å². The van der Waals surface area contributed by atoms with Crippen LogP contribution in [0.5, 0.6) is 5.75 Å². The minimum absolute atomic E-state index is 0.00166. The lowest BCUT2D eigenvalue weighted by Crippen LogP contribution is -2.28. The van der Waals surface area contributed by atoms with Gasteiger partial charge < -0.3 is 15.4 Å². The van der Waals surface area contributed by atoms with E-state index in [9.17, 15) is 8.42 Å². The molecule has 2 aromatic carbocycles. The van der Waals surface area contributed by atoms with Gasteiger partial charge in [0.15, 0.2) is 0 Å². The molecule has 7 nitrogen and oxygen atoms in total. The molecule has 0 atom stereocenters. The first kappa shape index (κ1) is 16.1. The van der Waals surface area contributed by atoms with Crippen LogP contribution in [-0.4, -0.2) is 21.5 Å². The molecule has 1 aliphatic rings. The quantitative estimate of drug-likeness (QED) is 0.851. The first-order chi connectivity index (χ1) is 11.4. The molecule has 0 spiro atoms. The number of nitrogens with one attached hydrogen (secondary N) is 2. The monoisotopic (exact) mass is 362 g/mol. The van der Waals surface area contributed by atoms with Crippen molar-refractivity contribution < 1.29 is 13.2 Å². The molecule has 2 N–H and O–H groups in total. The Balaban J connectivity index is 2.02. The Hall–Kier alpha value is -2.76. The van der Waals surface area contributed by atoms with Gasteiger partial charge in [-0.3, -0.25) is 0 Å². The average molecular weight is 363 g/mol. The molecule has 0 unspecified atom stereocenters. The van der Waals surface area contributed by atoms with Crippen molar-refractivity contribution in [2.75, 3.05) is 17.7 Å². The highest BCUT2D eigenvalue weighted by atomic mass is 35.5. The Morgan fingerprint density at radius 2 is 2.12 bits per heavy atom. The first-order valence-electron chi connectivity index (χ1n) is 6.69. The highest BCUT2D eigenvalue weighted by molar-refractivity contribution is 7.90. The summed E-state index contributed by atoms with van der Waals surface area (Å²) in [7, 11) is -2.54. The third-order valence-electron chi connectivity index (χ3n) is 3.24. The number of hydrogen-bond donors (Lipinski definition) is 2. The van der Waals surface area contributed by atoms with Gasteiger partial charge >= 0.3 is 0 Å². The van der Waals surface area contributed by atoms with Gasteiger partial charge in [-0.25, -0.2) is 0 Å². The summed E-state index contributed by atoms with van der Waals surface area (Å²) in [4.78, 5) is -0.0665. The second-order valence-electron chi connectivity index (χ2n) is 4.84. The van der Waals surface area contributed by atoms with E-state index < -0.39 is 10.0 Å². The fourth-order valence-electron chi connectivity index (χ4n) is 2.21. The molecule has 0 amide bonds. The average Bonchev–Trinajstić information content (AvgIpc) is 2.54. The predicted octanol–water partition coefficient (Wildman–Crippen LogP) is 2.80. The minimum Gasteiger partial charge on any atom is -0.494 e. The number of anilines is 2. The third kappa shape index (κ3) is 2.99. The Morgan fingerprint density at radius 1 is 1.33 bits per heavy atom. The Morgan fingerprint density at radius 3 is 2.83 bits per heavy atom. The van der Waals surface area contributed by atoms with E-state index in [4.69, 9.17) is 21.6 Å². The molecule has 24 heavy (non-hydrogen) atoms. The van der Waals surface area contributed by atoms with Crippen molar-refractivity contribution in [1.82, 2.24) is 0 Å². The van der Waals surface area contributed by atoms with E-state index >= 15 is 0 Å². The van der Waals surface area contributed by atoms with Crippen LogP contribution in [0.2, 0.25) is 5.02 Å². The van der Waals surface area contributed by atoms with Crippen LogP contribution in [0.4, 0.5) is 11.4 Å². The second-order valence-corrected chi connectivity index (χ2v) is 6.85. The summed E-state index contributed by atoms with van der Waals surface area (Å²) < 4.78 is 33.6. The van der Waals surface area contributed by atoms with Gasteiger partial charge in [0.2, 0.25) is 5.96 Å². The summed E-state index contributed by atoms with van der Waals surface area (Å²) in [6.07, 6.45) is 0. The molecule has 2 aromatic rings. The van der Waals surface area contributed by atoms with Crippen molar-refractivity contribution in [1.29, 1.82) is 5.26 Å². The van der Waals surface area contributed by atoms with Gasteiger partial charge in [0, 0.05) is 16.8 Å². The van der Waals surface area contributed by atoms with Crippen LogP contribution in [-0.2, 0) is 10.0 Å². The zero-order valence-corrected chi connectivity index (χ0v) is 13.9. The normalized spacial score (nSPS) is 14.6. The van der Waals surface area contributed by atoms with E-state index in [1.807, 2.05) is 6.07 Å². The number of methoxy groups -OCH3 is 1. The van der Waals surface area contributed by atoms with E-state index in [2.05, 4.69) is 15.0 Å². The lowest BCUT2D eigenvalue weighted by atomic mass is 10.2. The van der Waals surface area contributed by atoms with Crippen molar-refractivity contribution in [2.45, 2.75) is 4.90 Å². The summed E-state index contributed by atoms with van der Waals surface area (Å²) in [5.74, 6) is 0.277. The highest BCUT2D eigenvalue weighted by Crippen LogP contribution is 2.38. The molecule has 0 bridgehead atoms. The maximum Gasteiger partial charge on any atom is 0.287 e. The van der Waals surface area contributed by atoms with Gasteiger partial charge in [-0.2, -0.15) is 13.7 Å². The zero-order chi connectivity index (χ0) is 17.3. The molecule has 0 fully saturated rings. The van der Waals surface area contributed by atoms with E-state index in [-0.39, 0.29) is 27.3 Å². The summed E-state index contributed by atoms with van der Waals surface area (Å²) in [6, 6.07) is 11.4. The molecule has 1 heterocycles. The number of hydrogen-bond acceptors (Lipinski definition) is 6. The van der Waals surface area contributed by atoms with E-state index in [1.54, 1.807) is 24.3 Å². The fourth-order valence-corrected chi connectivity index (χ4v) is 3.60. The van der Waals surface area contributed by atoms with Crippen molar-refractivity contribution >= 4 is 39.0 Å². The maximum atomic E-state index is 12.4. The Bertz CT molecular complexity index is 996. The number of ether oxygens (including phenoxy) is 1. The molecular formula is C15H11ClN4O3S. The molecule has 122 valence electrons. The van der Waals surface area contributed by atoms with Gasteiger partial charge in [0.25, 0.3) is 10.0 Å². The predicted molar refractivity (Wildman–Crippen MR) is 91.0 cm³/mol. The van der Waals surface area contributed by atoms with Crippen LogP contribution in [0.15, 0.2) is 45.7 Å². The number of fused-ring (bicyclic) bond motifs is 1. The standard InChI is InChI=1S/C15H11ClN4O3S/c1-23-12-6-10(16)7-13-14(12)19-15(20-24(13,21)22)18-11-4-2-3-9(5-11)8-17/h2-7H,1H3,(H2,18,19,20). The summed E-state index contributed by atoms with van der Waals surface area (Å²) in [5.41, 5.74) is 1.20. The molecular weight excluding hydrogens is 352 g/mol. The maximum absolute atomic E-state index is 12.4. The lowest BCUT2D eigenvalue weighted by Gasteiger charge is -2.21. The molecule has 0 aliphatic carbocycles. The smallest absolute Gasteiger partial charge is 0.287 e. The van der Waals surface area contributed by atoms with Crippen LogP contribution >= 0.6 is 11.6 Å². The van der Waals surface area contributed by atoms with E-state index in [1.165, 1.54) is 19.2 Å². The van der Waals surface area contributed by atoms with Crippen LogP contribution in [0.1, 0.15) is 5.56 Å². The topological polar surface area (TPSA) is 104 Å². The summed E-state index contributed by atoms with van der Waals surface area (Å²) >= 11 is 5.92. The third-order valence-corrected chi connectivity index (χ3v) is 4.76. The van der Waals surface area contributed by atoms with Crippen LogP contribution < -0.4 is 15.4 Å². The number of guanidine groups is 1. The summed E-state index contributed by atoms with van der Waals surface area (Å²) in [5, 5.41) is 14.9. The number of sulfonamides is 1. The Labute approximate surface area is 143 Å². The van der Waals surface area contributed by atoms with Crippen molar-refractivity contribution in [3.63, 3.8) is 0 Å². The highest BCUT2D eigenvalue weighted by Gasteiger charge is 2.28. The SMILES string of the molecule is COc1cc(Cl)cc2c1NC(Nc1cccc(C#N)c1)=NS2(=O)=O. The zero-order valence-electron chi connectivity index (χ0n) is 12.4. The molecule has 0 saturated heterocycles. The van der Waals surface area contributed by atoms with Crippen LogP contribution in [0.25, 0.3) is 0 Å². The molecule has 3 rings (SSSR count). The fraction of sp³-hybridized carbons (Fsp3) is 0.0667. The van der Waals surface area contributed by atoms with Gasteiger partial charge in [0.1, 0.15) is 16.3 Å². The molecule has 0 radical (unpaired) electrons. The van der Waals surface area contributed by atoms with Gasteiger partial charge in [0.05, 0.1) is 18.7 Å². The van der Waals surface area contributed by atoms with Crippen molar-refractivity contribution in [3.8, 4) is 11.8 Å². The number of nitrogens with zero attached hydrogens (tertiary/aromatic N) is 2. The van der Waals surface area contributed by atoms with Crippen molar-refractivity contribution in [2.24, 2.45) is 4.40 Å².